The maximum atomic E-state index is 3.63. The highest BCUT2D eigenvalue weighted by molar-refractivity contribution is 6.12. The van der Waals surface area contributed by atoms with Gasteiger partial charge in [0.05, 0.1) is 11.0 Å². The van der Waals surface area contributed by atoms with Crippen LogP contribution in [0, 0.1) is 0 Å². The molecular formula is C36H24N2. The number of hydrogen-bond acceptors (Lipinski definition) is 0. The van der Waals surface area contributed by atoms with Crippen molar-refractivity contribution in [1.29, 1.82) is 0 Å². The minimum Gasteiger partial charge on any atom is -0.354 e. The average molecular weight is 485 g/mol. The van der Waals surface area contributed by atoms with Gasteiger partial charge in [0.15, 0.2) is 0 Å². The second kappa shape index (κ2) is 8.22. The molecule has 2 nitrogen and oxygen atoms in total. The third-order valence-corrected chi connectivity index (χ3v) is 7.81. The van der Waals surface area contributed by atoms with E-state index in [1.807, 2.05) is 0 Å². The number of benzene rings is 6. The zero-order chi connectivity index (χ0) is 25.1. The van der Waals surface area contributed by atoms with Crippen LogP contribution in [0.5, 0.6) is 0 Å². The molecule has 38 heavy (non-hydrogen) atoms. The molecule has 0 unspecified atom stereocenters. The van der Waals surface area contributed by atoms with Crippen molar-refractivity contribution in [3.8, 4) is 33.4 Å². The fourth-order valence-electron chi connectivity index (χ4n) is 5.91. The predicted octanol–water partition coefficient (Wildman–Crippen LogP) is 9.96. The van der Waals surface area contributed by atoms with Gasteiger partial charge in [0.1, 0.15) is 0 Å². The first-order valence-electron chi connectivity index (χ1n) is 13.0. The summed E-state index contributed by atoms with van der Waals surface area (Å²) in [6.45, 7) is 0. The third kappa shape index (κ3) is 3.21. The first kappa shape index (κ1) is 21.0. The van der Waals surface area contributed by atoms with Gasteiger partial charge in [-0.05, 0) is 34.4 Å². The highest BCUT2D eigenvalue weighted by Gasteiger charge is 2.11. The first-order valence-corrected chi connectivity index (χ1v) is 13.0. The molecule has 0 fully saturated rings. The molecule has 0 amide bonds. The maximum Gasteiger partial charge on any atom is 0.0544 e. The van der Waals surface area contributed by atoms with Gasteiger partial charge in [-0.3, -0.25) is 0 Å². The Bertz CT molecular complexity index is 1950. The monoisotopic (exact) mass is 484 g/mol. The SMILES string of the molecule is c1ccc2c(c1)[nH]c1c(-c3ccc(-c4ccc(-c5cccc6c5[nH]c5ccccc56)cc4)cc3)cccc12. The van der Waals surface area contributed by atoms with E-state index in [-0.39, 0.29) is 0 Å². The third-order valence-electron chi connectivity index (χ3n) is 7.81. The largest absolute Gasteiger partial charge is 0.354 e. The van der Waals surface area contributed by atoms with Gasteiger partial charge in [-0.25, -0.2) is 0 Å². The molecule has 8 aromatic rings. The zero-order valence-corrected chi connectivity index (χ0v) is 20.7. The molecule has 0 saturated heterocycles. The van der Waals surface area contributed by atoms with Gasteiger partial charge < -0.3 is 9.97 Å². The van der Waals surface area contributed by atoms with Crippen molar-refractivity contribution in [2.45, 2.75) is 0 Å². The number of aromatic nitrogens is 2. The standard InChI is InChI=1S/C36H24N2/c1-3-13-33-29(7-1)31-11-5-9-27(35(31)37-33)25-19-15-23(16-20-25)24-17-21-26(22-18-24)28-10-6-12-32-30-8-2-4-14-34(30)38-36(28)32/h1-22,37-38H. The van der Waals surface area contributed by atoms with Crippen LogP contribution in [-0.4, -0.2) is 9.97 Å². The van der Waals surface area contributed by atoms with Crippen LogP contribution in [0.3, 0.4) is 0 Å². The van der Waals surface area contributed by atoms with E-state index in [9.17, 15) is 0 Å². The van der Waals surface area contributed by atoms with E-state index >= 15 is 0 Å². The number of rotatable bonds is 3. The Morgan fingerprint density at radius 1 is 0.289 bits per heavy atom. The Balaban J connectivity index is 1.14. The predicted molar refractivity (Wildman–Crippen MR) is 161 cm³/mol. The van der Waals surface area contributed by atoms with Crippen LogP contribution in [0.1, 0.15) is 0 Å². The molecule has 8 rings (SSSR count). The highest BCUT2D eigenvalue weighted by Crippen LogP contribution is 2.36. The molecule has 2 N–H and O–H groups in total. The zero-order valence-electron chi connectivity index (χ0n) is 20.7. The fourth-order valence-corrected chi connectivity index (χ4v) is 5.91. The van der Waals surface area contributed by atoms with Crippen LogP contribution >= 0.6 is 0 Å². The molecule has 178 valence electrons. The number of fused-ring (bicyclic) bond motifs is 6. The summed E-state index contributed by atoms with van der Waals surface area (Å²) in [5, 5.41) is 5.07. The van der Waals surface area contributed by atoms with Crippen LogP contribution in [0.2, 0.25) is 0 Å². The quantitative estimate of drug-likeness (QED) is 0.250. The summed E-state index contributed by atoms with van der Waals surface area (Å²) in [6, 6.07) is 47.9. The van der Waals surface area contributed by atoms with Crippen LogP contribution in [0.25, 0.3) is 77.0 Å². The summed E-state index contributed by atoms with van der Waals surface area (Å²) in [5.41, 5.74) is 12.1. The number of H-pyrrole nitrogens is 2. The van der Waals surface area contributed by atoms with E-state index in [4.69, 9.17) is 0 Å². The Hall–Kier alpha value is -5.08. The van der Waals surface area contributed by atoms with Gasteiger partial charge in [-0.15, -0.1) is 0 Å². The van der Waals surface area contributed by atoms with Crippen LogP contribution < -0.4 is 0 Å². The lowest BCUT2D eigenvalue weighted by atomic mass is 9.96. The van der Waals surface area contributed by atoms with Gasteiger partial charge in [0.2, 0.25) is 0 Å². The first-order chi connectivity index (χ1) is 18.8. The Kier molecular flexibility index (Phi) is 4.55. The van der Waals surface area contributed by atoms with E-state index in [1.165, 1.54) is 77.0 Å². The molecule has 0 aliphatic rings. The number of nitrogens with one attached hydrogen (secondary N) is 2. The van der Waals surface area contributed by atoms with Gasteiger partial charge in [-0.2, -0.15) is 0 Å². The summed E-state index contributed by atoms with van der Waals surface area (Å²) in [5.74, 6) is 0. The summed E-state index contributed by atoms with van der Waals surface area (Å²) < 4.78 is 0. The van der Waals surface area contributed by atoms with E-state index in [2.05, 4.69) is 143 Å². The molecule has 0 atom stereocenters. The van der Waals surface area contributed by atoms with E-state index < -0.39 is 0 Å². The van der Waals surface area contributed by atoms with Crippen molar-refractivity contribution < 1.29 is 0 Å². The summed E-state index contributed by atoms with van der Waals surface area (Å²) in [6.07, 6.45) is 0. The van der Waals surface area contributed by atoms with Crippen molar-refractivity contribution in [1.82, 2.24) is 9.97 Å². The van der Waals surface area contributed by atoms with Crippen molar-refractivity contribution >= 4 is 43.6 Å². The lowest BCUT2D eigenvalue weighted by Crippen LogP contribution is -1.84. The Labute approximate surface area is 220 Å². The van der Waals surface area contributed by atoms with Crippen molar-refractivity contribution in [2.75, 3.05) is 0 Å². The highest BCUT2D eigenvalue weighted by atomic mass is 14.7. The van der Waals surface area contributed by atoms with Gasteiger partial charge in [-0.1, -0.05) is 121 Å². The molecule has 0 bridgehead atoms. The minimum absolute atomic E-state index is 1.18. The molecule has 2 aromatic heterocycles. The second-order valence-corrected chi connectivity index (χ2v) is 9.95. The summed E-state index contributed by atoms with van der Waals surface area (Å²) >= 11 is 0. The maximum absolute atomic E-state index is 3.63. The number of hydrogen-bond donors (Lipinski definition) is 2. The molecule has 0 spiro atoms. The molecule has 0 aliphatic carbocycles. The Morgan fingerprint density at radius 2 is 0.658 bits per heavy atom. The van der Waals surface area contributed by atoms with Crippen LogP contribution in [0.4, 0.5) is 0 Å². The Morgan fingerprint density at radius 3 is 1.11 bits per heavy atom. The van der Waals surface area contributed by atoms with Crippen LogP contribution in [0.15, 0.2) is 133 Å². The lowest BCUT2D eigenvalue weighted by Gasteiger charge is -2.08. The number of para-hydroxylation sites is 4. The second-order valence-electron chi connectivity index (χ2n) is 9.95. The average Bonchev–Trinajstić information content (AvgIpc) is 3.56. The molecule has 2 heterocycles. The van der Waals surface area contributed by atoms with E-state index in [0.717, 1.165) is 0 Å². The smallest absolute Gasteiger partial charge is 0.0544 e. The van der Waals surface area contributed by atoms with E-state index in [1.54, 1.807) is 0 Å². The minimum atomic E-state index is 1.18. The van der Waals surface area contributed by atoms with Gasteiger partial charge >= 0.3 is 0 Å². The molecule has 6 aromatic carbocycles. The summed E-state index contributed by atoms with van der Waals surface area (Å²) in [4.78, 5) is 7.26. The van der Waals surface area contributed by atoms with Crippen molar-refractivity contribution in [3.05, 3.63) is 133 Å². The van der Waals surface area contributed by atoms with Crippen molar-refractivity contribution in [3.63, 3.8) is 0 Å². The molecule has 2 heteroatoms. The lowest BCUT2D eigenvalue weighted by molar-refractivity contribution is 1.53. The summed E-state index contributed by atoms with van der Waals surface area (Å²) in [7, 11) is 0. The topological polar surface area (TPSA) is 31.6 Å². The van der Waals surface area contributed by atoms with E-state index in [0.29, 0.717) is 0 Å². The molecular weight excluding hydrogens is 460 g/mol. The van der Waals surface area contributed by atoms with Gasteiger partial charge in [0.25, 0.3) is 0 Å². The fraction of sp³-hybridized carbons (Fsp3) is 0. The van der Waals surface area contributed by atoms with Crippen LogP contribution in [-0.2, 0) is 0 Å². The molecule has 0 aliphatic heterocycles. The van der Waals surface area contributed by atoms with Gasteiger partial charge in [0, 0.05) is 43.7 Å². The number of aromatic amines is 2. The molecule has 0 radical (unpaired) electrons. The van der Waals surface area contributed by atoms with Crippen molar-refractivity contribution in [2.24, 2.45) is 0 Å². The normalized spacial score (nSPS) is 11.7. The molecule has 0 saturated carbocycles.